The number of ether oxygens (including phenoxy) is 4. The zero-order valence-corrected chi connectivity index (χ0v) is 30.7. The minimum absolute atomic E-state index is 0.157. The molecule has 49 heavy (non-hydrogen) atoms. The number of benzene rings is 3. The first-order chi connectivity index (χ1) is 23.5. The average Bonchev–Trinajstić information content (AvgIpc) is 3.49. The van der Waals surface area contributed by atoms with E-state index in [1.165, 1.54) is 0 Å². The van der Waals surface area contributed by atoms with Gasteiger partial charge in [0, 0.05) is 25.0 Å². The van der Waals surface area contributed by atoms with Gasteiger partial charge in [0.1, 0.15) is 37.7 Å². The van der Waals surface area contributed by atoms with Gasteiger partial charge >= 0.3 is 6.03 Å². The average molecular weight is 692 g/mol. The molecule has 3 amide bonds. The normalized spacial score (nSPS) is 22.1. The molecule has 0 spiro atoms. The lowest BCUT2D eigenvalue weighted by atomic mass is 9.80. The van der Waals surface area contributed by atoms with Crippen molar-refractivity contribution in [3.63, 3.8) is 0 Å². The molecule has 2 fully saturated rings. The summed E-state index contributed by atoms with van der Waals surface area (Å²) in [5.41, 5.74) is 1.70. The lowest BCUT2D eigenvalue weighted by Gasteiger charge is -2.39. The highest BCUT2D eigenvalue weighted by molar-refractivity contribution is 7.49. The van der Waals surface area contributed by atoms with Crippen molar-refractivity contribution in [2.24, 2.45) is 5.92 Å². The number of carbonyl (C=O) groups excluding carboxylic acids is 2. The Bertz CT molecular complexity index is 1480. The highest BCUT2D eigenvalue weighted by Gasteiger charge is 2.47. The fraction of sp³-hybridized carbons (Fsp3) is 0.474. The Morgan fingerprint density at radius 3 is 1.92 bits per heavy atom. The summed E-state index contributed by atoms with van der Waals surface area (Å²) in [4.78, 5) is 26.9. The number of hydrogen-bond donors (Lipinski definition) is 1. The smallest absolute Gasteiger partial charge is 0.326 e. The summed E-state index contributed by atoms with van der Waals surface area (Å²) < 4.78 is 34.2. The topological polar surface area (TPSA) is 98.8 Å². The van der Waals surface area contributed by atoms with Gasteiger partial charge in [0.05, 0.1) is 32.8 Å². The fourth-order valence-electron chi connectivity index (χ4n) is 6.94. The van der Waals surface area contributed by atoms with E-state index in [9.17, 15) is 9.59 Å². The quantitative estimate of drug-likeness (QED) is 0.146. The summed E-state index contributed by atoms with van der Waals surface area (Å²) >= 11 is 0. The maximum absolute atomic E-state index is 13.1. The molecule has 0 aliphatic carbocycles. The van der Waals surface area contributed by atoms with Gasteiger partial charge < -0.3 is 23.5 Å². The SMILES string of the molecule is COc1ccc(C(OC[C@H]2O[C@@H](N3CC(C)C(=O)NC3=O)C[C@H]2OP(C)N(C(C)C)C(C)C)(c2ccccc2)c2ccc(OC)cc2)cc1. The van der Waals surface area contributed by atoms with E-state index in [0.29, 0.717) is 6.42 Å². The van der Waals surface area contributed by atoms with Gasteiger partial charge in [-0.2, -0.15) is 0 Å². The summed E-state index contributed by atoms with van der Waals surface area (Å²) in [6, 6.07) is 26.0. The monoisotopic (exact) mass is 691 g/mol. The number of nitrogens with one attached hydrogen (secondary N) is 1. The number of amides is 3. The molecule has 10 nitrogen and oxygen atoms in total. The van der Waals surface area contributed by atoms with E-state index >= 15 is 0 Å². The molecule has 2 saturated heterocycles. The molecule has 0 aromatic heterocycles. The predicted octanol–water partition coefficient (Wildman–Crippen LogP) is 6.76. The van der Waals surface area contributed by atoms with Gasteiger partial charge in [0.25, 0.3) is 0 Å². The van der Waals surface area contributed by atoms with Gasteiger partial charge in [0.15, 0.2) is 0 Å². The Hall–Kier alpha value is -3.53. The second-order valence-corrected chi connectivity index (χ2v) is 14.8. The number of nitrogens with zero attached hydrogens (tertiary/aromatic N) is 2. The van der Waals surface area contributed by atoms with Gasteiger partial charge in [-0.3, -0.25) is 19.7 Å². The van der Waals surface area contributed by atoms with E-state index in [1.54, 1.807) is 19.1 Å². The van der Waals surface area contributed by atoms with Crippen molar-refractivity contribution in [2.75, 3.05) is 34.0 Å². The number of imide groups is 1. The molecular formula is C38H50N3O7P. The second kappa shape index (κ2) is 16.0. The molecule has 0 bridgehead atoms. The third-order valence-corrected chi connectivity index (χ3v) is 11.4. The number of hydrogen-bond acceptors (Lipinski definition) is 8. The van der Waals surface area contributed by atoms with Crippen LogP contribution in [0.15, 0.2) is 78.9 Å². The van der Waals surface area contributed by atoms with Crippen LogP contribution >= 0.6 is 8.30 Å². The maximum Gasteiger partial charge on any atom is 0.326 e. The van der Waals surface area contributed by atoms with Crippen molar-refractivity contribution >= 4 is 20.2 Å². The summed E-state index contributed by atoms with van der Waals surface area (Å²) in [7, 11) is 2.29. The van der Waals surface area contributed by atoms with Crippen LogP contribution in [-0.2, 0) is 24.4 Å². The highest BCUT2D eigenvalue weighted by atomic mass is 31.2. The first-order valence-corrected chi connectivity index (χ1v) is 18.6. The maximum atomic E-state index is 13.1. The second-order valence-electron chi connectivity index (χ2n) is 13.2. The first kappa shape index (κ1) is 36.7. The van der Waals surface area contributed by atoms with E-state index < -0.39 is 32.3 Å². The van der Waals surface area contributed by atoms with Crippen LogP contribution in [-0.4, -0.2) is 86.1 Å². The first-order valence-electron chi connectivity index (χ1n) is 16.9. The van der Waals surface area contributed by atoms with Crippen molar-refractivity contribution in [1.82, 2.24) is 14.9 Å². The van der Waals surface area contributed by atoms with E-state index in [0.717, 1.165) is 28.2 Å². The summed E-state index contributed by atoms with van der Waals surface area (Å²) in [5, 5.41) is 2.49. The van der Waals surface area contributed by atoms with Gasteiger partial charge in [-0.15, -0.1) is 0 Å². The van der Waals surface area contributed by atoms with Crippen molar-refractivity contribution in [3.05, 3.63) is 95.6 Å². The van der Waals surface area contributed by atoms with Crippen LogP contribution in [0.3, 0.4) is 0 Å². The zero-order chi connectivity index (χ0) is 35.3. The van der Waals surface area contributed by atoms with Crippen LogP contribution in [0.5, 0.6) is 11.5 Å². The molecule has 0 radical (unpaired) electrons. The Labute approximate surface area is 291 Å². The molecule has 11 heteroatoms. The molecule has 5 rings (SSSR count). The number of methoxy groups -OCH3 is 2. The Kier molecular flexibility index (Phi) is 12.0. The van der Waals surface area contributed by atoms with Crippen LogP contribution in [0.4, 0.5) is 4.79 Å². The largest absolute Gasteiger partial charge is 0.497 e. The third kappa shape index (κ3) is 7.95. The van der Waals surface area contributed by atoms with Gasteiger partial charge in [0.2, 0.25) is 5.91 Å². The van der Waals surface area contributed by atoms with E-state index in [-0.39, 0.29) is 43.2 Å². The van der Waals surface area contributed by atoms with Crippen molar-refractivity contribution in [3.8, 4) is 11.5 Å². The van der Waals surface area contributed by atoms with Crippen LogP contribution in [0.1, 0.15) is 57.7 Å². The Morgan fingerprint density at radius 1 is 0.878 bits per heavy atom. The highest BCUT2D eigenvalue weighted by Crippen LogP contribution is 2.47. The number of rotatable bonds is 14. The molecule has 264 valence electrons. The minimum Gasteiger partial charge on any atom is -0.497 e. The molecule has 0 saturated carbocycles. The molecule has 2 heterocycles. The van der Waals surface area contributed by atoms with Crippen LogP contribution in [0.2, 0.25) is 0 Å². The summed E-state index contributed by atoms with van der Waals surface area (Å²) in [5.74, 6) is 0.840. The van der Waals surface area contributed by atoms with Crippen molar-refractivity contribution in [1.29, 1.82) is 0 Å². The third-order valence-electron chi connectivity index (χ3n) is 9.25. The van der Waals surface area contributed by atoms with Crippen LogP contribution in [0.25, 0.3) is 0 Å². The Morgan fingerprint density at radius 2 is 1.41 bits per heavy atom. The van der Waals surface area contributed by atoms with Crippen molar-refractivity contribution in [2.45, 2.75) is 77.2 Å². The molecule has 1 N–H and O–H groups in total. The van der Waals surface area contributed by atoms with Crippen LogP contribution < -0.4 is 14.8 Å². The predicted molar refractivity (Wildman–Crippen MR) is 191 cm³/mol. The van der Waals surface area contributed by atoms with Crippen LogP contribution in [0, 0.1) is 5.92 Å². The zero-order valence-electron chi connectivity index (χ0n) is 29.8. The molecule has 2 unspecified atom stereocenters. The van der Waals surface area contributed by atoms with E-state index in [4.69, 9.17) is 23.5 Å². The van der Waals surface area contributed by atoms with E-state index in [1.807, 2.05) is 73.7 Å². The molecule has 3 aromatic carbocycles. The molecular weight excluding hydrogens is 641 g/mol. The van der Waals surface area contributed by atoms with E-state index in [2.05, 4.69) is 56.5 Å². The summed E-state index contributed by atoms with van der Waals surface area (Å²) in [6.07, 6.45) is -1.03. The van der Waals surface area contributed by atoms with Gasteiger partial charge in [-0.25, -0.2) is 4.79 Å². The number of urea groups is 1. The molecule has 2 aliphatic rings. The summed E-state index contributed by atoms with van der Waals surface area (Å²) in [6.45, 7) is 13.0. The lowest BCUT2D eigenvalue weighted by Crippen LogP contribution is -2.57. The standard InChI is InChI=1S/C38H50N3O7P/c1-25(2)41(26(3)4)49(8)48-33-22-35(40-23-27(5)36(42)39-37(40)43)47-34(33)24-46-38(28-12-10-9-11-13-28,29-14-18-31(44-6)19-15-29)30-16-20-32(45-7)21-17-30/h9-21,25-27,33-35H,22-24H2,1-8H3,(H,39,42,43)/t27?,33-,34-,35-,49?/m1/s1. The lowest BCUT2D eigenvalue weighted by molar-refractivity contribution is -0.130. The van der Waals surface area contributed by atoms with Crippen molar-refractivity contribution < 1.29 is 33.1 Å². The Balaban J connectivity index is 1.54. The van der Waals surface area contributed by atoms with Gasteiger partial charge in [-0.05, 0) is 75.3 Å². The fourth-order valence-corrected chi connectivity index (χ4v) is 8.97. The molecule has 2 aliphatic heterocycles. The number of carbonyl (C=O) groups is 2. The minimum atomic E-state index is -1.05. The molecule has 3 aromatic rings. The molecule has 5 atom stereocenters. The van der Waals surface area contributed by atoms with Gasteiger partial charge in [-0.1, -0.05) is 61.5 Å².